The van der Waals surface area contributed by atoms with Crippen LogP contribution in [0.15, 0.2) is 0 Å². The van der Waals surface area contributed by atoms with Gasteiger partial charge in [0.2, 0.25) is 5.91 Å². The molecule has 2 rings (SSSR count). The molecular formula is C21H36N2O5. The van der Waals surface area contributed by atoms with Gasteiger partial charge in [0.05, 0.1) is 13.2 Å². The average molecular weight is 397 g/mol. The van der Waals surface area contributed by atoms with Crippen LogP contribution in [0, 0.1) is 5.41 Å². The van der Waals surface area contributed by atoms with Gasteiger partial charge < -0.3 is 14.4 Å². The fourth-order valence-electron chi connectivity index (χ4n) is 3.69. The van der Waals surface area contributed by atoms with Gasteiger partial charge in [-0.3, -0.25) is 9.69 Å². The molecule has 2 unspecified atom stereocenters. The minimum absolute atomic E-state index is 0.129. The lowest BCUT2D eigenvalue weighted by atomic mass is 9.99. The Kier molecular flexibility index (Phi) is 8.13. The molecule has 2 heterocycles. The van der Waals surface area contributed by atoms with Crippen LogP contribution in [0.4, 0.5) is 4.79 Å². The second-order valence-electron chi connectivity index (χ2n) is 9.03. The van der Waals surface area contributed by atoms with Crippen molar-refractivity contribution < 1.29 is 23.9 Å². The van der Waals surface area contributed by atoms with E-state index in [4.69, 9.17) is 9.47 Å². The highest BCUT2D eigenvalue weighted by Crippen LogP contribution is 2.26. The zero-order chi connectivity index (χ0) is 20.7. The monoisotopic (exact) mass is 396 g/mol. The molecule has 160 valence electrons. The van der Waals surface area contributed by atoms with Crippen molar-refractivity contribution in [2.45, 2.75) is 84.7 Å². The molecule has 0 saturated carbocycles. The summed E-state index contributed by atoms with van der Waals surface area (Å²) >= 11 is 0. The molecule has 2 atom stereocenters. The van der Waals surface area contributed by atoms with Crippen LogP contribution in [0.3, 0.4) is 0 Å². The van der Waals surface area contributed by atoms with E-state index in [1.54, 1.807) is 4.90 Å². The molecule has 7 nitrogen and oxygen atoms in total. The van der Waals surface area contributed by atoms with E-state index in [0.29, 0.717) is 39.1 Å². The van der Waals surface area contributed by atoms with Crippen molar-refractivity contribution in [2.75, 3.05) is 26.3 Å². The first-order valence-corrected chi connectivity index (χ1v) is 10.6. The van der Waals surface area contributed by atoms with Gasteiger partial charge in [0, 0.05) is 13.1 Å². The van der Waals surface area contributed by atoms with Crippen molar-refractivity contribution in [1.29, 1.82) is 0 Å². The average Bonchev–Trinajstić information content (AvgIpc) is 3.31. The Labute approximate surface area is 168 Å². The van der Waals surface area contributed by atoms with Crippen LogP contribution in [0.1, 0.15) is 72.6 Å². The maximum absolute atomic E-state index is 13.1. The maximum atomic E-state index is 13.1. The Balaban J connectivity index is 1.94. The number of carbonyl (C=O) groups excluding carboxylic acids is 3. The predicted molar refractivity (Wildman–Crippen MR) is 106 cm³/mol. The second-order valence-corrected chi connectivity index (χ2v) is 9.03. The summed E-state index contributed by atoms with van der Waals surface area (Å²) in [6.45, 7) is 9.84. The zero-order valence-electron chi connectivity index (χ0n) is 17.9. The smallest absolute Gasteiger partial charge is 0.410 e. The van der Waals surface area contributed by atoms with E-state index in [1.807, 2.05) is 20.8 Å². The van der Waals surface area contributed by atoms with Crippen LogP contribution in [-0.2, 0) is 19.1 Å². The molecular weight excluding hydrogens is 360 g/mol. The van der Waals surface area contributed by atoms with Crippen LogP contribution >= 0.6 is 0 Å². The standard InChI is InChI=1S/C21H36N2O5/c1-5-6-7-14-27-19(25)17-11-9-12-22(17)18(24)16-10-8-13-23(16)20(26)28-15-21(2,3)4/h16-17H,5-15H2,1-4H3. The largest absolute Gasteiger partial charge is 0.464 e. The van der Waals surface area contributed by atoms with Crippen molar-refractivity contribution in [1.82, 2.24) is 9.80 Å². The summed E-state index contributed by atoms with van der Waals surface area (Å²) in [5.41, 5.74) is -0.129. The molecule has 28 heavy (non-hydrogen) atoms. The molecule has 2 aliphatic heterocycles. The van der Waals surface area contributed by atoms with E-state index in [9.17, 15) is 14.4 Å². The first-order valence-electron chi connectivity index (χ1n) is 10.6. The first kappa shape index (κ1) is 22.5. The number of esters is 1. The van der Waals surface area contributed by atoms with Crippen LogP contribution in [-0.4, -0.2) is 66.2 Å². The molecule has 0 aromatic carbocycles. The zero-order valence-corrected chi connectivity index (χ0v) is 17.9. The normalized spacial score (nSPS) is 22.4. The number of carbonyl (C=O) groups is 3. The summed E-state index contributed by atoms with van der Waals surface area (Å²) in [5.74, 6) is -0.472. The Morgan fingerprint density at radius 3 is 2.21 bits per heavy atom. The van der Waals surface area contributed by atoms with Crippen LogP contribution in [0.2, 0.25) is 0 Å². The topological polar surface area (TPSA) is 76.2 Å². The highest BCUT2D eigenvalue weighted by Gasteiger charge is 2.43. The molecule has 2 fully saturated rings. The molecule has 7 heteroatoms. The lowest BCUT2D eigenvalue weighted by Gasteiger charge is -2.30. The van der Waals surface area contributed by atoms with Crippen LogP contribution in [0.25, 0.3) is 0 Å². The Morgan fingerprint density at radius 2 is 1.57 bits per heavy atom. The van der Waals surface area contributed by atoms with Crippen molar-refractivity contribution in [3.63, 3.8) is 0 Å². The van der Waals surface area contributed by atoms with E-state index in [-0.39, 0.29) is 17.3 Å². The Bertz CT molecular complexity index is 557. The van der Waals surface area contributed by atoms with E-state index in [1.165, 1.54) is 4.90 Å². The summed E-state index contributed by atoms with van der Waals surface area (Å²) in [5, 5.41) is 0. The van der Waals surface area contributed by atoms with Crippen molar-refractivity contribution in [3.8, 4) is 0 Å². The Hall–Kier alpha value is -1.79. The number of rotatable bonds is 7. The lowest BCUT2D eigenvalue weighted by Crippen LogP contribution is -2.51. The van der Waals surface area contributed by atoms with Gasteiger partial charge in [0.1, 0.15) is 12.1 Å². The molecule has 2 saturated heterocycles. The SMILES string of the molecule is CCCCCOC(=O)C1CCCN1C(=O)C1CCCN1C(=O)OCC(C)(C)C. The Morgan fingerprint density at radius 1 is 0.929 bits per heavy atom. The van der Waals surface area contributed by atoms with Crippen molar-refractivity contribution >= 4 is 18.0 Å². The summed E-state index contributed by atoms with van der Waals surface area (Å²) < 4.78 is 10.8. The predicted octanol–water partition coefficient (Wildman–Crippen LogP) is 3.36. The molecule has 2 amide bonds. The molecule has 0 spiro atoms. The van der Waals surface area contributed by atoms with E-state index in [0.717, 1.165) is 32.1 Å². The van der Waals surface area contributed by atoms with Gasteiger partial charge >= 0.3 is 12.1 Å². The van der Waals surface area contributed by atoms with Gasteiger partial charge in [0.15, 0.2) is 0 Å². The number of likely N-dealkylation sites (tertiary alicyclic amines) is 2. The number of ether oxygens (including phenoxy) is 2. The molecule has 0 bridgehead atoms. The number of hydrogen-bond donors (Lipinski definition) is 0. The van der Waals surface area contributed by atoms with Crippen LogP contribution < -0.4 is 0 Å². The van der Waals surface area contributed by atoms with Gasteiger partial charge in [-0.1, -0.05) is 40.5 Å². The number of unbranched alkanes of at least 4 members (excludes halogenated alkanes) is 2. The van der Waals surface area contributed by atoms with Crippen LogP contribution in [0.5, 0.6) is 0 Å². The highest BCUT2D eigenvalue weighted by molar-refractivity contribution is 5.90. The van der Waals surface area contributed by atoms with Gasteiger partial charge in [-0.2, -0.15) is 0 Å². The maximum Gasteiger partial charge on any atom is 0.410 e. The quantitative estimate of drug-likeness (QED) is 0.487. The molecule has 0 aliphatic carbocycles. The van der Waals surface area contributed by atoms with Gasteiger partial charge in [-0.05, 0) is 37.5 Å². The van der Waals surface area contributed by atoms with Gasteiger partial charge in [-0.25, -0.2) is 9.59 Å². The molecule has 0 radical (unpaired) electrons. The summed E-state index contributed by atoms with van der Waals surface area (Å²) in [6, 6.07) is -1.07. The molecule has 2 aliphatic rings. The fraction of sp³-hybridized carbons (Fsp3) is 0.857. The minimum atomic E-state index is -0.541. The molecule has 0 aromatic rings. The summed E-state index contributed by atoms with van der Waals surface area (Å²) in [4.78, 5) is 41.2. The number of nitrogens with zero attached hydrogens (tertiary/aromatic N) is 2. The first-order chi connectivity index (χ1) is 13.2. The number of hydrogen-bond acceptors (Lipinski definition) is 5. The van der Waals surface area contributed by atoms with E-state index in [2.05, 4.69) is 6.92 Å². The number of amides is 2. The van der Waals surface area contributed by atoms with E-state index >= 15 is 0 Å². The molecule has 0 aromatic heterocycles. The molecule has 0 N–H and O–H groups in total. The third-order valence-corrected chi connectivity index (χ3v) is 5.20. The lowest BCUT2D eigenvalue weighted by molar-refractivity contribution is -0.154. The third kappa shape index (κ3) is 6.11. The van der Waals surface area contributed by atoms with Crippen molar-refractivity contribution in [3.05, 3.63) is 0 Å². The third-order valence-electron chi connectivity index (χ3n) is 5.20. The highest BCUT2D eigenvalue weighted by atomic mass is 16.6. The van der Waals surface area contributed by atoms with Gasteiger partial charge in [-0.15, -0.1) is 0 Å². The summed E-state index contributed by atoms with van der Waals surface area (Å²) in [7, 11) is 0. The van der Waals surface area contributed by atoms with Gasteiger partial charge in [0.25, 0.3) is 0 Å². The fourth-order valence-corrected chi connectivity index (χ4v) is 3.69. The van der Waals surface area contributed by atoms with E-state index < -0.39 is 18.2 Å². The summed E-state index contributed by atoms with van der Waals surface area (Å²) in [6.07, 6.45) is 5.27. The second kappa shape index (κ2) is 10.1. The minimum Gasteiger partial charge on any atom is -0.464 e. The van der Waals surface area contributed by atoms with Crippen molar-refractivity contribution in [2.24, 2.45) is 5.41 Å².